The van der Waals surface area contributed by atoms with E-state index in [0.29, 0.717) is 35.5 Å². The van der Waals surface area contributed by atoms with Crippen molar-refractivity contribution in [1.82, 2.24) is 24.6 Å². The molecule has 42 heavy (non-hydrogen) atoms. The zero-order valence-corrected chi connectivity index (χ0v) is 25.7. The van der Waals surface area contributed by atoms with Crippen molar-refractivity contribution in [3.63, 3.8) is 0 Å². The van der Waals surface area contributed by atoms with Gasteiger partial charge in [0.05, 0.1) is 21.7 Å². The monoisotopic (exact) mass is 618 g/mol. The smallest absolute Gasteiger partial charge is 0.234 e. The largest absolute Gasteiger partial charge is 0.486 e. The molecule has 0 aliphatic carbocycles. The molecular weight excluding hydrogens is 589 g/mol. The molecule has 0 aliphatic heterocycles. The molecular formula is C30H30N6O3S3. The molecule has 0 atom stereocenters. The number of rotatable bonds is 13. The lowest BCUT2D eigenvalue weighted by Gasteiger charge is -2.17. The third kappa shape index (κ3) is 7.50. The van der Waals surface area contributed by atoms with E-state index in [1.807, 2.05) is 102 Å². The summed E-state index contributed by atoms with van der Waals surface area (Å²) >= 11 is 4.27. The number of hydrogen-bond acceptors (Lipinski definition) is 9. The highest BCUT2D eigenvalue weighted by molar-refractivity contribution is 8.01. The van der Waals surface area contributed by atoms with E-state index in [0.717, 1.165) is 26.0 Å². The van der Waals surface area contributed by atoms with Gasteiger partial charge in [-0.2, -0.15) is 0 Å². The summed E-state index contributed by atoms with van der Waals surface area (Å²) in [6.45, 7) is 5.59. The lowest BCUT2D eigenvalue weighted by atomic mass is 10.3. The van der Waals surface area contributed by atoms with Gasteiger partial charge in [-0.3, -0.25) is 14.2 Å². The lowest BCUT2D eigenvalue weighted by molar-refractivity contribution is -0.128. The average Bonchev–Trinajstić information content (AvgIpc) is 3.63. The Balaban J connectivity index is 1.22. The van der Waals surface area contributed by atoms with Crippen molar-refractivity contribution in [2.45, 2.75) is 30.0 Å². The van der Waals surface area contributed by atoms with Gasteiger partial charge in [0.1, 0.15) is 12.4 Å². The Labute approximate surface area is 256 Å². The van der Waals surface area contributed by atoms with Crippen LogP contribution in [0, 0.1) is 0 Å². The van der Waals surface area contributed by atoms with Crippen LogP contribution in [0.1, 0.15) is 19.7 Å². The zero-order valence-electron chi connectivity index (χ0n) is 23.2. The van der Waals surface area contributed by atoms with Crippen LogP contribution in [0.3, 0.4) is 0 Å². The molecule has 2 heterocycles. The first-order chi connectivity index (χ1) is 20.5. The molecule has 0 radical (unpaired) electrons. The molecule has 216 valence electrons. The SMILES string of the molecule is CCN(CC)C(=O)CSc1nc2ccc(NC(=O)CSc3nnc(COc4ccccc4)n3-c3ccccc3)cc2s1. The molecule has 2 aromatic heterocycles. The van der Waals surface area contributed by atoms with Gasteiger partial charge in [0.2, 0.25) is 11.8 Å². The maximum atomic E-state index is 12.9. The minimum Gasteiger partial charge on any atom is -0.486 e. The molecule has 0 saturated carbocycles. The van der Waals surface area contributed by atoms with Gasteiger partial charge in [0.25, 0.3) is 0 Å². The highest BCUT2D eigenvalue weighted by atomic mass is 32.2. The van der Waals surface area contributed by atoms with Gasteiger partial charge in [0, 0.05) is 24.5 Å². The number of nitrogens with zero attached hydrogens (tertiary/aromatic N) is 5. The number of aromatic nitrogens is 4. The number of hydrogen-bond donors (Lipinski definition) is 1. The summed E-state index contributed by atoms with van der Waals surface area (Å²) < 4.78 is 9.61. The highest BCUT2D eigenvalue weighted by Gasteiger charge is 2.17. The number of carbonyl (C=O) groups is 2. The molecule has 3 aromatic carbocycles. The number of nitrogens with one attached hydrogen (secondary N) is 1. The number of ether oxygens (including phenoxy) is 1. The van der Waals surface area contributed by atoms with Crippen LogP contribution in [0.15, 0.2) is 88.4 Å². The van der Waals surface area contributed by atoms with Gasteiger partial charge in [-0.1, -0.05) is 59.9 Å². The number of anilines is 1. The predicted molar refractivity (Wildman–Crippen MR) is 170 cm³/mol. The molecule has 1 N–H and O–H groups in total. The molecule has 0 bridgehead atoms. The van der Waals surface area contributed by atoms with E-state index in [4.69, 9.17) is 4.74 Å². The van der Waals surface area contributed by atoms with E-state index in [9.17, 15) is 9.59 Å². The molecule has 0 spiro atoms. The lowest BCUT2D eigenvalue weighted by Crippen LogP contribution is -2.31. The van der Waals surface area contributed by atoms with Gasteiger partial charge in [-0.25, -0.2) is 4.98 Å². The molecule has 5 aromatic rings. The minimum atomic E-state index is -0.159. The summed E-state index contributed by atoms with van der Waals surface area (Å²) in [6.07, 6.45) is 0. The average molecular weight is 619 g/mol. The summed E-state index contributed by atoms with van der Waals surface area (Å²) in [6, 6.07) is 25.0. The third-order valence-corrected chi connectivity index (χ3v) is 9.32. The Morgan fingerprint density at radius 1 is 0.929 bits per heavy atom. The number of carbonyl (C=O) groups excluding carboxylic acids is 2. The number of benzene rings is 3. The van der Waals surface area contributed by atoms with Crippen molar-refractivity contribution in [3.05, 3.63) is 84.7 Å². The van der Waals surface area contributed by atoms with Crippen LogP contribution < -0.4 is 10.1 Å². The molecule has 9 nitrogen and oxygen atoms in total. The molecule has 5 rings (SSSR count). The fraction of sp³-hybridized carbons (Fsp3) is 0.233. The van der Waals surface area contributed by atoms with Crippen molar-refractivity contribution < 1.29 is 14.3 Å². The minimum absolute atomic E-state index is 0.105. The number of para-hydroxylation sites is 2. The van der Waals surface area contributed by atoms with Gasteiger partial charge < -0.3 is 15.0 Å². The first kappa shape index (κ1) is 29.6. The summed E-state index contributed by atoms with van der Waals surface area (Å²) in [5, 5.41) is 12.3. The summed E-state index contributed by atoms with van der Waals surface area (Å²) in [4.78, 5) is 31.7. The van der Waals surface area contributed by atoms with Gasteiger partial charge in [0.15, 0.2) is 15.3 Å². The maximum absolute atomic E-state index is 12.9. The molecule has 0 saturated heterocycles. The second kappa shape index (κ2) is 14.3. The van der Waals surface area contributed by atoms with E-state index in [-0.39, 0.29) is 24.2 Å². The van der Waals surface area contributed by atoms with Gasteiger partial charge >= 0.3 is 0 Å². The number of thioether (sulfide) groups is 2. The normalized spacial score (nSPS) is 11.0. The van der Waals surface area contributed by atoms with E-state index in [2.05, 4.69) is 20.5 Å². The van der Waals surface area contributed by atoms with Crippen LogP contribution in [-0.4, -0.2) is 61.1 Å². The van der Waals surface area contributed by atoms with Crippen molar-refractivity contribution in [3.8, 4) is 11.4 Å². The Morgan fingerprint density at radius 2 is 1.67 bits per heavy atom. The van der Waals surface area contributed by atoms with E-state index < -0.39 is 0 Å². The molecule has 0 aliphatic rings. The second-order valence-electron chi connectivity index (χ2n) is 9.03. The molecule has 12 heteroatoms. The van der Waals surface area contributed by atoms with Crippen molar-refractivity contribution >= 4 is 62.6 Å². The summed E-state index contributed by atoms with van der Waals surface area (Å²) in [5.41, 5.74) is 2.42. The van der Waals surface area contributed by atoms with Crippen LogP contribution in [0.4, 0.5) is 5.69 Å². The first-order valence-corrected chi connectivity index (χ1v) is 16.2. The maximum Gasteiger partial charge on any atom is 0.234 e. The highest BCUT2D eigenvalue weighted by Crippen LogP contribution is 2.32. The topological polar surface area (TPSA) is 102 Å². The second-order valence-corrected chi connectivity index (χ2v) is 12.2. The van der Waals surface area contributed by atoms with E-state index in [1.165, 1.54) is 34.9 Å². The first-order valence-electron chi connectivity index (χ1n) is 13.5. The summed E-state index contributed by atoms with van der Waals surface area (Å²) in [7, 11) is 0. The predicted octanol–water partition coefficient (Wildman–Crippen LogP) is 6.15. The van der Waals surface area contributed by atoms with Crippen molar-refractivity contribution in [2.75, 3.05) is 29.9 Å². The number of amides is 2. The van der Waals surface area contributed by atoms with Gasteiger partial charge in [-0.15, -0.1) is 21.5 Å². The van der Waals surface area contributed by atoms with Crippen LogP contribution in [0.2, 0.25) is 0 Å². The van der Waals surface area contributed by atoms with E-state index in [1.54, 1.807) is 0 Å². The van der Waals surface area contributed by atoms with Crippen LogP contribution in [0.25, 0.3) is 15.9 Å². The Bertz CT molecular complexity index is 1640. The molecule has 0 fully saturated rings. The zero-order chi connectivity index (χ0) is 29.3. The van der Waals surface area contributed by atoms with Gasteiger partial charge in [-0.05, 0) is 56.3 Å². The third-order valence-electron chi connectivity index (χ3n) is 6.25. The van der Waals surface area contributed by atoms with Crippen LogP contribution in [0.5, 0.6) is 5.75 Å². The fourth-order valence-electron chi connectivity index (χ4n) is 4.15. The van der Waals surface area contributed by atoms with Crippen LogP contribution in [-0.2, 0) is 16.2 Å². The van der Waals surface area contributed by atoms with Crippen molar-refractivity contribution in [2.24, 2.45) is 0 Å². The Morgan fingerprint density at radius 3 is 2.40 bits per heavy atom. The molecule has 2 amide bonds. The number of fused-ring (bicyclic) bond motifs is 1. The fourth-order valence-corrected chi connectivity index (χ4v) is 6.93. The number of thiazole rings is 1. The van der Waals surface area contributed by atoms with Crippen molar-refractivity contribution in [1.29, 1.82) is 0 Å². The van der Waals surface area contributed by atoms with E-state index >= 15 is 0 Å². The Kier molecular flexibility index (Phi) is 10.1. The summed E-state index contributed by atoms with van der Waals surface area (Å²) in [5.74, 6) is 1.83. The Hall–Kier alpha value is -3.87. The standard InChI is InChI=1S/C30H30N6O3S3/c1-3-35(4-2)28(38)20-41-30-32-24-16-15-21(17-25(24)42-30)31-27(37)19-40-29-34-33-26(18-39-23-13-9-6-10-14-23)36(29)22-11-7-5-8-12-22/h5-17H,3-4,18-20H2,1-2H3,(H,31,37). The van der Waals surface area contributed by atoms with Crippen LogP contribution >= 0.6 is 34.9 Å². The molecule has 0 unspecified atom stereocenters. The quantitative estimate of drug-likeness (QED) is 0.157.